The number of aliphatic hydroxyl groups excluding tert-OH is 1. The van der Waals surface area contributed by atoms with Gasteiger partial charge in [0.05, 0.1) is 11.6 Å². The number of carbonyl (C=O) groups is 8. The van der Waals surface area contributed by atoms with Gasteiger partial charge in [-0.25, -0.2) is 14.5 Å². The summed E-state index contributed by atoms with van der Waals surface area (Å²) in [5.41, 5.74) is 11.7. The molecule has 6 atom stereocenters. The van der Waals surface area contributed by atoms with Crippen LogP contribution < -0.4 is 37.6 Å². The Morgan fingerprint density at radius 2 is 1.72 bits per heavy atom. The fraction of sp³-hybridized carbons (Fsp3) is 0.435. The van der Waals surface area contributed by atoms with Gasteiger partial charge in [-0.2, -0.15) is 0 Å². The number of nitrogens with two attached hydrogens (primary N) is 2. The quantitative estimate of drug-likeness (QED) is 0.0538. The van der Waals surface area contributed by atoms with Gasteiger partial charge in [0, 0.05) is 43.5 Å². The summed E-state index contributed by atoms with van der Waals surface area (Å²) in [6.07, 6.45) is 6.66. The number of phenols is 1. The molecule has 4 aliphatic heterocycles. The Morgan fingerprint density at radius 3 is 2.42 bits per heavy atom. The van der Waals surface area contributed by atoms with E-state index in [1.807, 2.05) is 0 Å². The molecule has 4 aliphatic rings. The standard InChI is InChI=1S/C46H57N9O12/c1-25(2)37(52-35(57)9-5-4-6-21-53-36(58)19-17-33-44(53)67-33)41(61)51-31(8-7-20-49-45(48)64)40(60)50-29-14-11-27(12-15-29)24-66-46(65)55-38-30(16-10-26(3)39(38)59)42(62)54-23-28(13-18-34(47)56)22-32(54)43(55)63/h10-19,23,25,31-33,37,43-44,59,63H,4-9,20-22,24H2,1-3H3,(H2,47,56)(H,50,60)(H,51,61)(H,52,57)(H3,48,49,64)/b18-13+/t31-,32-,33?,37-,43-,44?/m0/s1. The lowest BCUT2D eigenvalue weighted by Crippen LogP contribution is -2.54. The first-order chi connectivity index (χ1) is 31.9. The Hall–Kier alpha value is -7.26. The number of aliphatic hydroxyl groups is 1. The molecule has 0 saturated carbocycles. The summed E-state index contributed by atoms with van der Waals surface area (Å²) >= 11 is 0. The number of aromatic hydroxyl groups is 1. The number of primary amides is 2. The maximum Gasteiger partial charge on any atom is 0.416 e. The summed E-state index contributed by atoms with van der Waals surface area (Å²) in [7, 11) is 0. The van der Waals surface area contributed by atoms with Crippen LogP contribution in [0.2, 0.25) is 0 Å². The van der Waals surface area contributed by atoms with E-state index >= 15 is 0 Å². The average molecular weight is 928 g/mol. The van der Waals surface area contributed by atoms with Gasteiger partial charge in [0.25, 0.3) is 5.91 Å². The van der Waals surface area contributed by atoms with E-state index in [2.05, 4.69) is 21.3 Å². The van der Waals surface area contributed by atoms with Crippen LogP contribution >= 0.6 is 0 Å². The minimum atomic E-state index is -1.69. The van der Waals surface area contributed by atoms with E-state index in [1.165, 1.54) is 47.5 Å². The number of fused-ring (bicyclic) bond motifs is 3. The molecule has 0 bridgehead atoms. The zero-order chi connectivity index (χ0) is 48.5. The van der Waals surface area contributed by atoms with E-state index in [-0.39, 0.29) is 80.1 Å². The molecule has 0 aromatic heterocycles. The number of phenolic OH excluding ortho intramolecular Hbond substituents is 1. The number of hydrogen-bond donors (Lipinski definition) is 8. The second kappa shape index (κ2) is 21.8. The maximum absolute atomic E-state index is 13.8. The van der Waals surface area contributed by atoms with Gasteiger partial charge in [-0.05, 0) is 85.9 Å². The Morgan fingerprint density at radius 1 is 0.970 bits per heavy atom. The number of nitrogens with one attached hydrogen (secondary N) is 4. The van der Waals surface area contributed by atoms with Crippen molar-refractivity contribution in [3.63, 3.8) is 0 Å². The third kappa shape index (κ3) is 12.4. The van der Waals surface area contributed by atoms with E-state index in [0.717, 1.165) is 11.0 Å². The zero-order valence-corrected chi connectivity index (χ0v) is 37.4. The zero-order valence-electron chi connectivity index (χ0n) is 37.4. The molecule has 10 N–H and O–H groups in total. The molecule has 0 spiro atoms. The van der Waals surface area contributed by atoms with Crippen LogP contribution in [0.15, 0.2) is 72.5 Å². The third-order valence-corrected chi connectivity index (χ3v) is 11.7. The lowest BCUT2D eigenvalue weighted by molar-refractivity contribution is -0.132. The molecule has 21 nitrogen and oxygen atoms in total. The summed E-state index contributed by atoms with van der Waals surface area (Å²) in [5, 5.41) is 33.5. The molecule has 0 aliphatic carbocycles. The second-order valence-electron chi connectivity index (χ2n) is 17.1. The summed E-state index contributed by atoms with van der Waals surface area (Å²) in [6.45, 7) is 5.41. The first kappa shape index (κ1) is 49.2. The highest BCUT2D eigenvalue weighted by Crippen LogP contribution is 2.42. The minimum absolute atomic E-state index is 0.0412. The topological polar surface area (TPSA) is 309 Å². The molecule has 2 unspecified atom stereocenters. The molecule has 1 saturated heterocycles. The normalized spacial score (nSPS) is 20.3. The van der Waals surface area contributed by atoms with Crippen molar-refractivity contribution in [1.82, 2.24) is 25.8 Å². The molecule has 358 valence electrons. The average Bonchev–Trinajstić information content (AvgIpc) is 3.97. The number of nitrogens with zero attached hydrogens (tertiary/aromatic N) is 3. The first-order valence-electron chi connectivity index (χ1n) is 22.1. The second-order valence-corrected chi connectivity index (χ2v) is 17.1. The highest BCUT2D eigenvalue weighted by Gasteiger charge is 2.47. The number of carbonyl (C=O) groups excluding carboxylic acids is 8. The fourth-order valence-electron chi connectivity index (χ4n) is 8.01. The van der Waals surface area contributed by atoms with Crippen molar-refractivity contribution < 1.29 is 58.0 Å². The highest BCUT2D eigenvalue weighted by atomic mass is 16.6. The highest BCUT2D eigenvalue weighted by molar-refractivity contribution is 6.07. The summed E-state index contributed by atoms with van der Waals surface area (Å²) in [4.78, 5) is 106. The summed E-state index contributed by atoms with van der Waals surface area (Å²) < 4.78 is 11.1. The van der Waals surface area contributed by atoms with Gasteiger partial charge >= 0.3 is 12.1 Å². The Bertz CT molecular complexity index is 2350. The number of aryl methyl sites for hydroxylation is 1. The Balaban J connectivity index is 1.05. The molecule has 2 aromatic rings. The number of benzene rings is 2. The van der Waals surface area contributed by atoms with Gasteiger partial charge in [0.1, 0.15) is 36.2 Å². The van der Waals surface area contributed by atoms with Crippen molar-refractivity contribution in [3.05, 3.63) is 89.2 Å². The van der Waals surface area contributed by atoms with Gasteiger partial charge in [-0.15, -0.1) is 0 Å². The van der Waals surface area contributed by atoms with Gasteiger partial charge in [0.2, 0.25) is 29.5 Å². The maximum atomic E-state index is 13.8. The van der Waals surface area contributed by atoms with Gasteiger partial charge in [0.15, 0.2) is 12.5 Å². The van der Waals surface area contributed by atoms with Crippen molar-refractivity contribution >= 4 is 58.9 Å². The lowest BCUT2D eigenvalue weighted by atomic mass is 10.0. The number of epoxide rings is 1. The van der Waals surface area contributed by atoms with Crippen LogP contribution in [0.5, 0.6) is 5.75 Å². The van der Waals surface area contributed by atoms with Crippen molar-refractivity contribution in [1.29, 1.82) is 0 Å². The van der Waals surface area contributed by atoms with E-state index in [1.54, 1.807) is 43.9 Å². The molecule has 9 amide bonds. The van der Waals surface area contributed by atoms with Crippen LogP contribution in [0.25, 0.3) is 0 Å². The van der Waals surface area contributed by atoms with E-state index < -0.39 is 65.9 Å². The van der Waals surface area contributed by atoms with Crippen LogP contribution in [0.1, 0.15) is 80.3 Å². The first-order valence-corrected chi connectivity index (χ1v) is 22.1. The number of urea groups is 1. The van der Waals surface area contributed by atoms with Crippen LogP contribution in [0, 0.1) is 12.8 Å². The molecule has 4 heterocycles. The van der Waals surface area contributed by atoms with Crippen molar-refractivity contribution in [3.8, 4) is 5.75 Å². The minimum Gasteiger partial charge on any atom is -0.505 e. The molecule has 1 fully saturated rings. The number of allylic oxidation sites excluding steroid dienone is 1. The summed E-state index contributed by atoms with van der Waals surface area (Å²) in [6, 6.07) is 5.32. The number of ether oxygens (including phenoxy) is 2. The molecular weight excluding hydrogens is 871 g/mol. The van der Waals surface area contributed by atoms with Crippen LogP contribution in [-0.2, 0) is 40.1 Å². The lowest BCUT2D eigenvalue weighted by Gasteiger charge is -2.31. The van der Waals surface area contributed by atoms with Crippen molar-refractivity contribution in [2.75, 3.05) is 23.3 Å². The fourth-order valence-corrected chi connectivity index (χ4v) is 8.01. The number of amides is 9. The van der Waals surface area contributed by atoms with Gasteiger partial charge in [-0.3, -0.25) is 28.8 Å². The van der Waals surface area contributed by atoms with E-state index in [4.69, 9.17) is 20.9 Å². The van der Waals surface area contributed by atoms with Crippen LogP contribution in [-0.4, -0.2) is 117 Å². The molecule has 2 aromatic carbocycles. The molecular formula is C46H57N9O12. The van der Waals surface area contributed by atoms with Crippen LogP contribution in [0.3, 0.4) is 0 Å². The van der Waals surface area contributed by atoms with Crippen LogP contribution in [0.4, 0.5) is 21.0 Å². The van der Waals surface area contributed by atoms with Gasteiger partial charge in [-0.1, -0.05) is 44.5 Å². The SMILES string of the molecule is Cc1ccc2c(c1O)N(C(=O)OCc1ccc(NC(=O)[C@H](CCCNC(N)=O)NC(=O)[C@@H](NC(=O)CCCCCN3C(=O)C=CC4OC43)C(C)C)cc1)[C@@H](O)[C@@H]1CC(/C=C/C(N)=O)=CN1C2=O. The van der Waals surface area contributed by atoms with Gasteiger partial charge < -0.3 is 62.2 Å². The third-order valence-electron chi connectivity index (χ3n) is 11.7. The summed E-state index contributed by atoms with van der Waals surface area (Å²) in [5.74, 6) is -3.67. The predicted octanol–water partition coefficient (Wildman–Crippen LogP) is 2.01. The molecule has 0 radical (unpaired) electrons. The number of unbranched alkanes of at least 4 members (excludes halogenated alkanes) is 2. The molecule has 21 heteroatoms. The molecule has 67 heavy (non-hydrogen) atoms. The number of rotatable bonds is 20. The monoisotopic (exact) mass is 927 g/mol. The molecule has 6 rings (SSSR count). The predicted molar refractivity (Wildman–Crippen MR) is 241 cm³/mol. The largest absolute Gasteiger partial charge is 0.505 e. The van der Waals surface area contributed by atoms with Crippen molar-refractivity contribution in [2.24, 2.45) is 17.4 Å². The Kier molecular flexibility index (Phi) is 16.0. The number of hydrogen-bond acceptors (Lipinski definition) is 12. The Labute approximate surface area is 386 Å². The van der Waals surface area contributed by atoms with E-state index in [0.29, 0.717) is 48.2 Å². The van der Waals surface area contributed by atoms with E-state index in [9.17, 15) is 48.6 Å². The number of anilines is 2. The van der Waals surface area contributed by atoms with Crippen molar-refractivity contribution in [2.45, 2.75) is 109 Å². The smallest absolute Gasteiger partial charge is 0.416 e.